The molecule has 1 fully saturated rings. The third kappa shape index (κ3) is 5.17. The van der Waals surface area contributed by atoms with Gasteiger partial charge in [0, 0.05) is 32.1 Å². The van der Waals surface area contributed by atoms with Crippen molar-refractivity contribution in [3.63, 3.8) is 0 Å². The molecule has 8 heteroatoms. The van der Waals surface area contributed by atoms with Gasteiger partial charge < -0.3 is 15.0 Å². The van der Waals surface area contributed by atoms with E-state index >= 15 is 0 Å². The van der Waals surface area contributed by atoms with Crippen molar-refractivity contribution in [1.29, 1.82) is 0 Å². The highest BCUT2D eigenvalue weighted by atomic mass is 16.6. The molecule has 0 bridgehead atoms. The number of nitrogens with one attached hydrogen (secondary N) is 1. The van der Waals surface area contributed by atoms with Crippen molar-refractivity contribution in [2.75, 3.05) is 31.6 Å². The summed E-state index contributed by atoms with van der Waals surface area (Å²) >= 11 is 0. The molecular weight excluding hydrogens is 326 g/mol. The van der Waals surface area contributed by atoms with Crippen LogP contribution in [-0.2, 0) is 14.3 Å². The molecule has 0 saturated carbocycles. The Bertz CT molecular complexity index is 634. The Balaban J connectivity index is 1.84. The summed E-state index contributed by atoms with van der Waals surface area (Å²) in [6, 6.07) is 6.32. The Labute approximate surface area is 146 Å². The third-order valence-corrected chi connectivity index (χ3v) is 4.15. The van der Waals surface area contributed by atoms with Crippen LogP contribution in [0.4, 0.5) is 11.4 Å². The summed E-state index contributed by atoms with van der Waals surface area (Å²) in [4.78, 5) is 36.3. The number of rotatable bonds is 7. The van der Waals surface area contributed by atoms with Crippen LogP contribution in [0, 0.1) is 16.0 Å². The first-order valence-electron chi connectivity index (χ1n) is 8.44. The molecule has 1 amide bonds. The fraction of sp³-hybridized carbons (Fsp3) is 0.529. The van der Waals surface area contributed by atoms with Crippen LogP contribution in [0.25, 0.3) is 0 Å². The number of anilines is 1. The van der Waals surface area contributed by atoms with E-state index in [-0.39, 0.29) is 29.9 Å². The lowest BCUT2D eigenvalue weighted by Crippen LogP contribution is -2.43. The zero-order valence-electron chi connectivity index (χ0n) is 14.3. The highest BCUT2D eigenvalue weighted by molar-refractivity contribution is 5.79. The van der Waals surface area contributed by atoms with Gasteiger partial charge in [-0.3, -0.25) is 19.7 Å². The number of nitro groups is 1. The molecule has 1 aromatic rings. The number of benzene rings is 1. The molecule has 2 rings (SSSR count). The lowest BCUT2D eigenvalue weighted by Gasteiger charge is -2.31. The summed E-state index contributed by atoms with van der Waals surface area (Å²) in [6.07, 6.45) is 1.71. The number of nitrogens with zero attached hydrogens (tertiary/aromatic N) is 2. The average Bonchev–Trinajstić information content (AvgIpc) is 2.62. The summed E-state index contributed by atoms with van der Waals surface area (Å²) in [7, 11) is 0. The zero-order valence-corrected chi connectivity index (χ0v) is 14.3. The maximum atomic E-state index is 12.3. The number of piperidine rings is 1. The number of hydrogen-bond acceptors (Lipinski definition) is 6. The maximum Gasteiger partial charge on any atom is 0.310 e. The van der Waals surface area contributed by atoms with Crippen molar-refractivity contribution in [3.05, 3.63) is 34.4 Å². The first-order chi connectivity index (χ1) is 12.0. The fourth-order valence-corrected chi connectivity index (χ4v) is 2.90. The number of likely N-dealkylation sites (tertiary alicyclic amines) is 1. The number of hydrogen-bond donors (Lipinski definition) is 1. The van der Waals surface area contributed by atoms with Crippen LogP contribution < -0.4 is 5.32 Å². The number of esters is 1. The highest BCUT2D eigenvalue weighted by Gasteiger charge is 2.29. The molecule has 1 aliphatic rings. The van der Waals surface area contributed by atoms with Gasteiger partial charge in [0.15, 0.2) is 0 Å². The van der Waals surface area contributed by atoms with Gasteiger partial charge in [-0.15, -0.1) is 0 Å². The Morgan fingerprint density at radius 3 is 2.88 bits per heavy atom. The monoisotopic (exact) mass is 349 g/mol. The normalized spacial score (nSPS) is 17.0. The lowest BCUT2D eigenvalue weighted by molar-refractivity contribution is -0.384. The predicted molar refractivity (Wildman–Crippen MR) is 92.1 cm³/mol. The Morgan fingerprint density at radius 2 is 2.16 bits per heavy atom. The van der Waals surface area contributed by atoms with Gasteiger partial charge in [0.2, 0.25) is 5.91 Å². The zero-order chi connectivity index (χ0) is 18.2. The quantitative estimate of drug-likeness (QED) is 0.460. The topological polar surface area (TPSA) is 102 Å². The molecule has 1 heterocycles. The molecule has 25 heavy (non-hydrogen) atoms. The van der Waals surface area contributed by atoms with E-state index in [2.05, 4.69) is 5.32 Å². The van der Waals surface area contributed by atoms with E-state index in [0.717, 1.165) is 12.8 Å². The van der Waals surface area contributed by atoms with Crippen LogP contribution in [0.3, 0.4) is 0 Å². The molecule has 1 atom stereocenters. The summed E-state index contributed by atoms with van der Waals surface area (Å²) < 4.78 is 5.03. The van der Waals surface area contributed by atoms with Crippen molar-refractivity contribution in [3.8, 4) is 0 Å². The van der Waals surface area contributed by atoms with E-state index in [1.54, 1.807) is 30.0 Å². The van der Waals surface area contributed by atoms with Crippen molar-refractivity contribution in [2.45, 2.75) is 26.2 Å². The fourth-order valence-electron chi connectivity index (χ4n) is 2.90. The third-order valence-electron chi connectivity index (χ3n) is 4.15. The van der Waals surface area contributed by atoms with Crippen LogP contribution in [0.15, 0.2) is 24.3 Å². The molecule has 8 nitrogen and oxygen atoms in total. The summed E-state index contributed by atoms with van der Waals surface area (Å²) in [5.74, 6) is -0.584. The van der Waals surface area contributed by atoms with Crippen molar-refractivity contribution in [2.24, 2.45) is 5.92 Å². The first kappa shape index (κ1) is 18.7. The largest absolute Gasteiger partial charge is 0.466 e. The molecule has 1 N–H and O–H groups in total. The van der Waals surface area contributed by atoms with Crippen LogP contribution in [0.2, 0.25) is 0 Å². The standard InChI is InChI=1S/C17H23N3O5/c1-2-25-17(22)13-6-5-11-19(12-13)16(21)9-10-18-14-7-3-4-8-15(14)20(23)24/h3-4,7-8,13,18H,2,5-6,9-12H2,1H3. The molecule has 0 aliphatic carbocycles. The van der Waals surface area contributed by atoms with E-state index < -0.39 is 4.92 Å². The van der Waals surface area contributed by atoms with Gasteiger partial charge in [-0.05, 0) is 25.8 Å². The Kier molecular flexibility index (Phi) is 6.73. The molecule has 1 saturated heterocycles. The number of carbonyl (C=O) groups is 2. The summed E-state index contributed by atoms with van der Waals surface area (Å²) in [5, 5.41) is 13.9. The second kappa shape index (κ2) is 9.00. The van der Waals surface area contributed by atoms with Crippen molar-refractivity contribution in [1.82, 2.24) is 4.90 Å². The van der Waals surface area contributed by atoms with E-state index in [4.69, 9.17) is 4.74 Å². The first-order valence-corrected chi connectivity index (χ1v) is 8.44. The summed E-state index contributed by atoms with van der Waals surface area (Å²) in [5.41, 5.74) is 0.374. The van der Waals surface area contributed by atoms with E-state index in [0.29, 0.717) is 31.9 Å². The molecule has 1 unspecified atom stereocenters. The van der Waals surface area contributed by atoms with Gasteiger partial charge in [-0.2, -0.15) is 0 Å². The predicted octanol–water partition coefficient (Wildman–Crippen LogP) is 2.20. The Morgan fingerprint density at radius 1 is 1.40 bits per heavy atom. The van der Waals surface area contributed by atoms with Crippen molar-refractivity contribution >= 4 is 23.3 Å². The van der Waals surface area contributed by atoms with Gasteiger partial charge in [-0.1, -0.05) is 12.1 Å². The van der Waals surface area contributed by atoms with Gasteiger partial charge >= 0.3 is 5.97 Å². The second-order valence-electron chi connectivity index (χ2n) is 5.88. The number of carbonyl (C=O) groups excluding carboxylic acids is 2. The molecule has 1 aliphatic heterocycles. The number of nitro benzene ring substituents is 1. The average molecular weight is 349 g/mol. The van der Waals surface area contributed by atoms with Gasteiger partial charge in [0.05, 0.1) is 17.4 Å². The maximum absolute atomic E-state index is 12.3. The molecular formula is C17H23N3O5. The molecule has 0 aromatic heterocycles. The molecule has 1 aromatic carbocycles. The van der Waals surface area contributed by atoms with Crippen LogP contribution in [0.5, 0.6) is 0 Å². The van der Waals surface area contributed by atoms with E-state index in [1.165, 1.54) is 6.07 Å². The SMILES string of the molecule is CCOC(=O)C1CCCN(C(=O)CCNc2ccccc2[N+](=O)[O-])C1. The van der Waals surface area contributed by atoms with Gasteiger partial charge in [0.1, 0.15) is 5.69 Å². The number of amides is 1. The van der Waals surface area contributed by atoms with E-state index in [9.17, 15) is 19.7 Å². The van der Waals surface area contributed by atoms with E-state index in [1.807, 2.05) is 0 Å². The lowest BCUT2D eigenvalue weighted by atomic mass is 9.98. The number of para-hydroxylation sites is 2. The van der Waals surface area contributed by atoms with Crippen LogP contribution >= 0.6 is 0 Å². The van der Waals surface area contributed by atoms with Gasteiger partial charge in [-0.25, -0.2) is 0 Å². The smallest absolute Gasteiger partial charge is 0.310 e. The molecule has 0 spiro atoms. The minimum atomic E-state index is -0.460. The number of ether oxygens (including phenoxy) is 1. The van der Waals surface area contributed by atoms with Gasteiger partial charge in [0.25, 0.3) is 5.69 Å². The minimum absolute atomic E-state index is 0.0182. The second-order valence-corrected chi connectivity index (χ2v) is 5.88. The van der Waals surface area contributed by atoms with Crippen LogP contribution in [0.1, 0.15) is 26.2 Å². The summed E-state index contributed by atoms with van der Waals surface area (Å²) in [6.45, 7) is 3.40. The Hall–Kier alpha value is -2.64. The van der Waals surface area contributed by atoms with Crippen molar-refractivity contribution < 1.29 is 19.2 Å². The highest BCUT2D eigenvalue weighted by Crippen LogP contribution is 2.23. The molecule has 136 valence electrons. The minimum Gasteiger partial charge on any atom is -0.466 e. The van der Waals surface area contributed by atoms with Crippen LogP contribution in [-0.4, -0.2) is 47.9 Å². The molecule has 0 radical (unpaired) electrons.